The first-order valence-electron chi connectivity index (χ1n) is 10.4. The number of nitrogen functional groups attached to an aromatic ring is 2. The quantitative estimate of drug-likeness (QED) is 0.372. The third kappa shape index (κ3) is 5.85. The van der Waals surface area contributed by atoms with Crippen molar-refractivity contribution < 1.29 is 9.47 Å². The minimum atomic E-state index is 0.0484. The highest BCUT2D eigenvalue weighted by atomic mass is 32.2. The van der Waals surface area contributed by atoms with E-state index in [-0.39, 0.29) is 5.25 Å². The number of ether oxygens (including phenoxy) is 2. The van der Waals surface area contributed by atoms with Gasteiger partial charge in [0.05, 0.1) is 24.2 Å². The Kier molecular flexibility index (Phi) is 7.40. The number of nitrogens with two attached hydrogens (primary N) is 2. The summed E-state index contributed by atoms with van der Waals surface area (Å²) in [4.78, 5) is 21.2. The molecule has 0 aliphatic carbocycles. The van der Waals surface area contributed by atoms with Crippen molar-refractivity contribution >= 4 is 34.7 Å². The van der Waals surface area contributed by atoms with Crippen LogP contribution in [0.25, 0.3) is 10.6 Å². The summed E-state index contributed by atoms with van der Waals surface area (Å²) in [5, 5.41) is 1.52. The second-order valence-electron chi connectivity index (χ2n) is 7.41. The van der Waals surface area contributed by atoms with Crippen molar-refractivity contribution in [1.82, 2.24) is 24.8 Å². The van der Waals surface area contributed by atoms with Crippen LogP contribution in [0.4, 0.5) is 11.6 Å². The van der Waals surface area contributed by atoms with Crippen molar-refractivity contribution in [2.24, 2.45) is 0 Å². The molecule has 0 aromatic carbocycles. The molecular formula is C21H27N7O2S2. The zero-order chi connectivity index (χ0) is 22.5. The highest BCUT2D eigenvalue weighted by Gasteiger charge is 2.19. The SMILES string of the molecule is Cc1sc(-c2ccnc(OCCN3CCOCC3)c2)nc1[C@H](C)Sc1nc(N)cc(N)n1. The van der Waals surface area contributed by atoms with Crippen molar-refractivity contribution in [3.63, 3.8) is 0 Å². The van der Waals surface area contributed by atoms with Crippen molar-refractivity contribution in [3.8, 4) is 16.5 Å². The van der Waals surface area contributed by atoms with Crippen molar-refractivity contribution in [1.29, 1.82) is 0 Å². The van der Waals surface area contributed by atoms with E-state index in [9.17, 15) is 0 Å². The summed E-state index contributed by atoms with van der Waals surface area (Å²) in [6, 6.07) is 5.45. The summed E-state index contributed by atoms with van der Waals surface area (Å²) in [5.41, 5.74) is 13.6. The van der Waals surface area contributed by atoms with Gasteiger partial charge in [0, 0.05) is 48.4 Å². The molecule has 1 saturated heterocycles. The smallest absolute Gasteiger partial charge is 0.213 e. The summed E-state index contributed by atoms with van der Waals surface area (Å²) < 4.78 is 11.3. The lowest BCUT2D eigenvalue weighted by Gasteiger charge is -2.26. The number of hydrogen-bond donors (Lipinski definition) is 2. The third-order valence-corrected chi connectivity index (χ3v) is 6.99. The number of aryl methyl sites for hydroxylation is 1. The Labute approximate surface area is 195 Å². The monoisotopic (exact) mass is 473 g/mol. The van der Waals surface area contributed by atoms with Crippen molar-refractivity contribution in [3.05, 3.63) is 35.0 Å². The molecule has 32 heavy (non-hydrogen) atoms. The topological polar surface area (TPSA) is 125 Å². The molecule has 9 nitrogen and oxygen atoms in total. The number of thiazole rings is 1. The van der Waals surface area contributed by atoms with Gasteiger partial charge in [-0.2, -0.15) is 0 Å². The lowest BCUT2D eigenvalue weighted by molar-refractivity contribution is 0.0320. The first-order chi connectivity index (χ1) is 15.5. The zero-order valence-corrected chi connectivity index (χ0v) is 19.8. The van der Waals surface area contributed by atoms with E-state index < -0.39 is 0 Å². The Bertz CT molecular complexity index is 1040. The van der Waals surface area contributed by atoms with Gasteiger partial charge in [0.25, 0.3) is 0 Å². The summed E-state index contributed by atoms with van der Waals surface area (Å²) in [7, 11) is 0. The van der Waals surface area contributed by atoms with Gasteiger partial charge in [0.1, 0.15) is 23.3 Å². The van der Waals surface area contributed by atoms with Gasteiger partial charge in [-0.15, -0.1) is 11.3 Å². The molecule has 11 heteroatoms. The molecule has 0 spiro atoms. The van der Waals surface area contributed by atoms with E-state index >= 15 is 0 Å². The Morgan fingerprint density at radius 3 is 2.69 bits per heavy atom. The van der Waals surface area contributed by atoms with Crippen LogP contribution >= 0.6 is 23.1 Å². The molecule has 170 valence electrons. The van der Waals surface area contributed by atoms with E-state index in [0.29, 0.717) is 29.3 Å². The second kappa shape index (κ2) is 10.4. The summed E-state index contributed by atoms with van der Waals surface area (Å²) in [5.74, 6) is 1.33. The van der Waals surface area contributed by atoms with Gasteiger partial charge in [-0.1, -0.05) is 11.8 Å². The first-order valence-corrected chi connectivity index (χ1v) is 12.1. The highest BCUT2D eigenvalue weighted by molar-refractivity contribution is 7.99. The molecule has 4 rings (SSSR count). The van der Waals surface area contributed by atoms with Crippen LogP contribution in [0.1, 0.15) is 22.7 Å². The standard InChI is InChI=1S/C21H27N7O2S2/c1-13-19(14(2)32-21-25-16(22)12-17(23)26-21)27-20(31-13)15-3-4-24-18(11-15)30-10-7-28-5-8-29-9-6-28/h3-4,11-12,14H,5-10H2,1-2H3,(H4,22,23,25,26)/t14-/m0/s1. The number of nitrogens with zero attached hydrogens (tertiary/aromatic N) is 5. The normalized spacial score (nSPS) is 15.6. The third-order valence-electron chi connectivity index (χ3n) is 4.99. The van der Waals surface area contributed by atoms with Gasteiger partial charge in [0.2, 0.25) is 5.88 Å². The molecule has 0 saturated carbocycles. The van der Waals surface area contributed by atoms with Crippen molar-refractivity contribution in [2.75, 3.05) is 50.9 Å². The van der Waals surface area contributed by atoms with Gasteiger partial charge in [-0.05, 0) is 19.9 Å². The number of hydrogen-bond acceptors (Lipinski definition) is 11. The maximum absolute atomic E-state index is 5.90. The average molecular weight is 474 g/mol. The number of morpholine rings is 1. The molecule has 1 aliphatic rings. The van der Waals surface area contributed by atoms with E-state index in [1.807, 2.05) is 12.1 Å². The number of thioether (sulfide) groups is 1. The molecule has 0 radical (unpaired) electrons. The molecular weight excluding hydrogens is 446 g/mol. The lowest BCUT2D eigenvalue weighted by Crippen LogP contribution is -2.38. The molecule has 3 aromatic heterocycles. The summed E-state index contributed by atoms with van der Waals surface area (Å²) in [6.07, 6.45) is 1.76. The second-order valence-corrected chi connectivity index (χ2v) is 9.92. The maximum atomic E-state index is 5.90. The van der Waals surface area contributed by atoms with Crippen LogP contribution in [0.2, 0.25) is 0 Å². The predicted octanol–water partition coefficient (Wildman–Crippen LogP) is 3.03. The fraction of sp³-hybridized carbons (Fsp3) is 0.429. The van der Waals surface area contributed by atoms with Crippen LogP contribution in [-0.2, 0) is 4.74 Å². The van der Waals surface area contributed by atoms with Gasteiger partial charge >= 0.3 is 0 Å². The molecule has 4 heterocycles. The Morgan fingerprint density at radius 2 is 1.94 bits per heavy atom. The zero-order valence-electron chi connectivity index (χ0n) is 18.2. The van der Waals surface area contributed by atoms with Crippen LogP contribution in [0.5, 0.6) is 5.88 Å². The van der Waals surface area contributed by atoms with Crippen LogP contribution in [0, 0.1) is 6.92 Å². The van der Waals surface area contributed by atoms with Crippen LogP contribution in [0.3, 0.4) is 0 Å². The van der Waals surface area contributed by atoms with E-state index in [1.165, 1.54) is 11.8 Å². The van der Waals surface area contributed by atoms with Crippen LogP contribution in [-0.4, -0.2) is 64.3 Å². The molecule has 0 amide bonds. The number of anilines is 2. The molecule has 0 unspecified atom stereocenters. The number of pyridine rings is 1. The molecule has 0 bridgehead atoms. The Balaban J connectivity index is 1.41. The van der Waals surface area contributed by atoms with Gasteiger partial charge in [-0.3, -0.25) is 4.90 Å². The van der Waals surface area contributed by atoms with Gasteiger partial charge in [-0.25, -0.2) is 19.9 Å². The fourth-order valence-corrected chi connectivity index (χ4v) is 5.42. The molecule has 4 N–H and O–H groups in total. The Hall–Kier alpha value is -2.47. The average Bonchev–Trinajstić information content (AvgIpc) is 3.16. The van der Waals surface area contributed by atoms with E-state index in [2.05, 4.69) is 33.7 Å². The largest absolute Gasteiger partial charge is 0.476 e. The van der Waals surface area contributed by atoms with Crippen molar-refractivity contribution in [2.45, 2.75) is 24.3 Å². The Morgan fingerprint density at radius 1 is 1.19 bits per heavy atom. The first kappa shape index (κ1) is 22.7. The lowest BCUT2D eigenvalue weighted by atomic mass is 10.2. The highest BCUT2D eigenvalue weighted by Crippen LogP contribution is 2.38. The fourth-order valence-electron chi connectivity index (χ4n) is 3.36. The van der Waals surface area contributed by atoms with E-state index in [4.69, 9.17) is 25.9 Å². The number of aromatic nitrogens is 4. The van der Waals surface area contributed by atoms with Gasteiger partial charge in [0.15, 0.2) is 5.16 Å². The predicted molar refractivity (Wildman–Crippen MR) is 128 cm³/mol. The molecule has 1 atom stereocenters. The summed E-state index contributed by atoms with van der Waals surface area (Å²) in [6.45, 7) is 9.06. The van der Waals surface area contributed by atoms with Gasteiger partial charge < -0.3 is 20.9 Å². The molecule has 1 fully saturated rings. The number of rotatable bonds is 8. The molecule has 3 aromatic rings. The van der Waals surface area contributed by atoms with E-state index in [1.54, 1.807) is 23.6 Å². The van der Waals surface area contributed by atoms with Crippen LogP contribution in [0.15, 0.2) is 29.6 Å². The maximum Gasteiger partial charge on any atom is 0.213 e. The minimum absolute atomic E-state index is 0.0484. The van der Waals surface area contributed by atoms with E-state index in [0.717, 1.165) is 54.0 Å². The molecule has 1 aliphatic heterocycles. The minimum Gasteiger partial charge on any atom is -0.476 e. The van der Waals surface area contributed by atoms with Crippen LogP contribution < -0.4 is 16.2 Å². The summed E-state index contributed by atoms with van der Waals surface area (Å²) >= 11 is 3.13.